The Balaban J connectivity index is 1.97. The predicted octanol–water partition coefficient (Wildman–Crippen LogP) is 3.64. The van der Waals surface area contributed by atoms with Crippen molar-refractivity contribution >= 4 is 37.6 Å². The summed E-state index contributed by atoms with van der Waals surface area (Å²) < 4.78 is 1.04. The number of hydrogen-bond acceptors (Lipinski definition) is 6. The van der Waals surface area contributed by atoms with Gasteiger partial charge in [-0.15, -0.1) is 11.3 Å². The number of rotatable bonds is 4. The molecule has 0 saturated carbocycles. The van der Waals surface area contributed by atoms with Crippen molar-refractivity contribution in [2.24, 2.45) is 0 Å². The highest BCUT2D eigenvalue weighted by Gasteiger charge is 2.25. The number of aliphatic hydroxyl groups excluding tert-OH is 1. The summed E-state index contributed by atoms with van der Waals surface area (Å²) in [4.78, 5) is 15.0. The first-order valence-corrected chi connectivity index (χ1v) is 9.38. The fourth-order valence-corrected chi connectivity index (χ4v) is 4.71. The first kappa shape index (κ1) is 15.7. The number of hydrogen-bond donors (Lipinski definition) is 2. The minimum absolute atomic E-state index is 0.417. The van der Waals surface area contributed by atoms with Gasteiger partial charge >= 0.3 is 0 Å². The van der Waals surface area contributed by atoms with Gasteiger partial charge in [0.2, 0.25) is 0 Å². The highest BCUT2D eigenvalue weighted by molar-refractivity contribution is 7.26. The molecule has 1 aliphatic rings. The number of aliphatic hydroxyl groups is 1. The van der Waals surface area contributed by atoms with Crippen molar-refractivity contribution in [1.29, 1.82) is 0 Å². The molecule has 5 nitrogen and oxygen atoms in total. The monoisotopic (exact) mass is 342 g/mol. The van der Waals surface area contributed by atoms with E-state index >= 15 is 0 Å². The second kappa shape index (κ2) is 5.93. The van der Waals surface area contributed by atoms with Gasteiger partial charge in [0.1, 0.15) is 17.0 Å². The highest BCUT2D eigenvalue weighted by atomic mass is 32.1. The van der Waals surface area contributed by atoms with Crippen LogP contribution < -0.4 is 5.32 Å². The van der Waals surface area contributed by atoms with E-state index in [1.54, 1.807) is 24.6 Å². The van der Waals surface area contributed by atoms with Crippen LogP contribution in [-0.4, -0.2) is 32.7 Å². The van der Waals surface area contributed by atoms with Crippen LogP contribution in [0, 0.1) is 0 Å². The molecule has 24 heavy (non-hydrogen) atoms. The maximum Gasteiger partial charge on any atom is 0.147 e. The second-order valence-corrected chi connectivity index (χ2v) is 7.87. The van der Waals surface area contributed by atoms with Crippen LogP contribution in [0.1, 0.15) is 49.9 Å². The van der Waals surface area contributed by atoms with Crippen LogP contribution in [0.4, 0.5) is 5.82 Å². The minimum Gasteiger partial charge on any atom is -0.392 e. The van der Waals surface area contributed by atoms with Gasteiger partial charge in [0.25, 0.3) is 0 Å². The van der Waals surface area contributed by atoms with Crippen LogP contribution in [0.2, 0.25) is 0 Å². The third-order valence-corrected chi connectivity index (χ3v) is 5.70. The Morgan fingerprint density at radius 1 is 1.21 bits per heavy atom. The van der Waals surface area contributed by atoms with E-state index < -0.39 is 6.10 Å². The summed E-state index contributed by atoms with van der Waals surface area (Å²) in [5.41, 5.74) is 5.12. The molecule has 1 aliphatic carbocycles. The van der Waals surface area contributed by atoms with Crippen molar-refractivity contribution in [2.45, 2.75) is 52.1 Å². The molecule has 3 heterocycles. The molecule has 0 bridgehead atoms. The minimum atomic E-state index is -0.417. The molecule has 6 heteroatoms. The molecule has 3 aromatic heterocycles. The SMILES string of the molecule is CC(O)CNc1ncnc2c1sc1nc(C(C)C)c3c(c12)CCC3. The fourth-order valence-electron chi connectivity index (χ4n) is 3.58. The first-order chi connectivity index (χ1) is 11.6. The Hall–Kier alpha value is -1.79. The molecule has 0 saturated heterocycles. The molecule has 0 aromatic carbocycles. The number of aryl methyl sites for hydroxylation is 1. The third kappa shape index (κ3) is 2.45. The maximum absolute atomic E-state index is 9.53. The lowest BCUT2D eigenvalue weighted by Crippen LogP contribution is -2.16. The zero-order valence-corrected chi connectivity index (χ0v) is 15.1. The van der Waals surface area contributed by atoms with Crippen molar-refractivity contribution in [3.63, 3.8) is 0 Å². The summed E-state index contributed by atoms with van der Waals surface area (Å²) in [7, 11) is 0. The van der Waals surface area contributed by atoms with E-state index in [0.29, 0.717) is 12.5 Å². The Morgan fingerprint density at radius 3 is 2.75 bits per heavy atom. The Bertz CT molecular complexity index is 916. The second-order valence-electron chi connectivity index (χ2n) is 6.87. The molecule has 1 unspecified atom stereocenters. The molecule has 0 amide bonds. The van der Waals surface area contributed by atoms with E-state index in [1.807, 2.05) is 0 Å². The van der Waals surface area contributed by atoms with Crippen LogP contribution in [0.5, 0.6) is 0 Å². The van der Waals surface area contributed by atoms with Crippen LogP contribution in [0.3, 0.4) is 0 Å². The van der Waals surface area contributed by atoms with E-state index in [1.165, 1.54) is 28.6 Å². The topological polar surface area (TPSA) is 70.9 Å². The highest BCUT2D eigenvalue weighted by Crippen LogP contribution is 2.42. The van der Waals surface area contributed by atoms with Crippen molar-refractivity contribution in [1.82, 2.24) is 15.0 Å². The van der Waals surface area contributed by atoms with E-state index in [0.717, 1.165) is 33.7 Å². The number of thiophene rings is 1. The van der Waals surface area contributed by atoms with Crippen LogP contribution in [-0.2, 0) is 12.8 Å². The van der Waals surface area contributed by atoms with Crippen molar-refractivity contribution in [3.8, 4) is 0 Å². The Labute approximate surface area is 145 Å². The summed E-state index contributed by atoms with van der Waals surface area (Å²) >= 11 is 1.66. The summed E-state index contributed by atoms with van der Waals surface area (Å²) in [6.07, 6.45) is 4.63. The maximum atomic E-state index is 9.53. The van der Waals surface area contributed by atoms with Crippen LogP contribution in [0.15, 0.2) is 6.33 Å². The normalized spacial score (nSPS) is 15.4. The standard InChI is InChI=1S/C18H22N4OS/c1-9(2)14-12-6-4-5-11(12)13-15-16(24-18(13)22-14)17(21-8-20-15)19-7-10(3)23/h8-10,23H,4-7H2,1-3H3,(H,19,20,21). The fraction of sp³-hybridized carbons (Fsp3) is 0.500. The number of anilines is 1. The quantitative estimate of drug-likeness (QED) is 0.757. The number of aromatic nitrogens is 3. The van der Waals surface area contributed by atoms with Gasteiger partial charge < -0.3 is 10.4 Å². The molecule has 0 aliphatic heterocycles. The number of pyridine rings is 1. The first-order valence-electron chi connectivity index (χ1n) is 8.57. The molecule has 4 rings (SSSR count). The molecule has 126 valence electrons. The lowest BCUT2D eigenvalue weighted by molar-refractivity contribution is 0.208. The number of nitrogens with zero attached hydrogens (tertiary/aromatic N) is 3. The van der Waals surface area contributed by atoms with Gasteiger partial charge in [-0.2, -0.15) is 0 Å². The lowest BCUT2D eigenvalue weighted by Gasteiger charge is -2.11. The molecule has 0 fully saturated rings. The summed E-state index contributed by atoms with van der Waals surface area (Å²) in [5.74, 6) is 1.23. The van der Waals surface area contributed by atoms with Crippen LogP contribution in [0.25, 0.3) is 20.4 Å². The largest absolute Gasteiger partial charge is 0.392 e. The van der Waals surface area contributed by atoms with Gasteiger partial charge in [0.15, 0.2) is 0 Å². The van der Waals surface area contributed by atoms with Crippen LogP contribution >= 0.6 is 11.3 Å². The predicted molar refractivity (Wildman–Crippen MR) is 99.0 cm³/mol. The Kier molecular flexibility index (Phi) is 3.89. The zero-order valence-electron chi connectivity index (χ0n) is 14.3. The van der Waals surface area contributed by atoms with Crippen molar-refractivity contribution in [3.05, 3.63) is 23.1 Å². The molecule has 0 radical (unpaired) electrons. The molecule has 3 aromatic rings. The van der Waals surface area contributed by atoms with Gasteiger partial charge in [-0.05, 0) is 43.2 Å². The van der Waals surface area contributed by atoms with Gasteiger partial charge in [0, 0.05) is 17.6 Å². The summed E-state index contributed by atoms with van der Waals surface area (Å²) in [6.45, 7) is 6.67. The van der Waals surface area contributed by atoms with Crippen molar-refractivity contribution < 1.29 is 5.11 Å². The van der Waals surface area contributed by atoms with Gasteiger partial charge in [0.05, 0.1) is 16.3 Å². The Morgan fingerprint density at radius 2 is 2.00 bits per heavy atom. The smallest absolute Gasteiger partial charge is 0.147 e. The number of nitrogens with one attached hydrogen (secondary N) is 1. The lowest BCUT2D eigenvalue weighted by atomic mass is 9.99. The molecular formula is C18H22N4OS. The van der Waals surface area contributed by atoms with E-state index in [4.69, 9.17) is 4.98 Å². The van der Waals surface area contributed by atoms with E-state index in [9.17, 15) is 5.11 Å². The van der Waals surface area contributed by atoms with Crippen molar-refractivity contribution in [2.75, 3.05) is 11.9 Å². The molecular weight excluding hydrogens is 320 g/mol. The third-order valence-electron chi connectivity index (χ3n) is 4.62. The number of fused-ring (bicyclic) bond motifs is 5. The van der Waals surface area contributed by atoms with Gasteiger partial charge in [-0.3, -0.25) is 0 Å². The zero-order chi connectivity index (χ0) is 16.8. The average Bonchev–Trinajstić information content (AvgIpc) is 3.15. The average molecular weight is 342 g/mol. The summed E-state index contributed by atoms with van der Waals surface area (Å²) in [5, 5.41) is 14.0. The summed E-state index contributed by atoms with van der Waals surface area (Å²) in [6, 6.07) is 0. The van der Waals surface area contributed by atoms with E-state index in [-0.39, 0.29) is 0 Å². The molecule has 1 atom stereocenters. The molecule has 2 N–H and O–H groups in total. The molecule has 0 spiro atoms. The van der Waals surface area contributed by atoms with E-state index in [2.05, 4.69) is 29.1 Å². The van der Waals surface area contributed by atoms with Gasteiger partial charge in [-0.25, -0.2) is 15.0 Å². The van der Waals surface area contributed by atoms with Gasteiger partial charge in [-0.1, -0.05) is 13.8 Å².